The van der Waals surface area contributed by atoms with Gasteiger partial charge in [0.05, 0.1) is 19.8 Å². The molecule has 0 radical (unpaired) electrons. The number of hydrogen-bond acceptors (Lipinski definition) is 6. The zero-order chi connectivity index (χ0) is 19.3. The molecule has 6 nitrogen and oxygen atoms in total. The lowest BCUT2D eigenvalue weighted by Gasteiger charge is -2.35. The molecule has 0 saturated carbocycles. The van der Waals surface area contributed by atoms with Gasteiger partial charge in [0.2, 0.25) is 0 Å². The van der Waals surface area contributed by atoms with Gasteiger partial charge in [0.25, 0.3) is 0 Å². The van der Waals surface area contributed by atoms with E-state index in [-0.39, 0.29) is 18.1 Å². The van der Waals surface area contributed by atoms with Gasteiger partial charge in [-0.25, -0.2) is 9.97 Å². The summed E-state index contributed by atoms with van der Waals surface area (Å²) >= 11 is 0. The average Bonchev–Trinajstić information content (AvgIpc) is 2.72. The van der Waals surface area contributed by atoms with Crippen LogP contribution in [-0.4, -0.2) is 47.9 Å². The number of aliphatic hydroxyl groups excluding tert-OH is 1. The van der Waals surface area contributed by atoms with E-state index in [0.29, 0.717) is 0 Å². The predicted molar refractivity (Wildman–Crippen MR) is 109 cm³/mol. The highest BCUT2D eigenvalue weighted by Gasteiger charge is 2.24. The topological polar surface area (TPSA) is 70.5 Å². The largest absolute Gasteiger partial charge is 0.497 e. The number of methoxy groups -OCH3 is 1. The van der Waals surface area contributed by atoms with Crippen molar-refractivity contribution in [2.24, 2.45) is 0 Å². The minimum absolute atomic E-state index is 0.0594. The third-order valence-electron chi connectivity index (χ3n) is 5.37. The first-order valence-corrected chi connectivity index (χ1v) is 9.61. The Morgan fingerprint density at radius 3 is 2.70 bits per heavy atom. The zero-order valence-corrected chi connectivity index (χ0v) is 16.5. The van der Waals surface area contributed by atoms with Crippen molar-refractivity contribution in [2.75, 3.05) is 37.0 Å². The van der Waals surface area contributed by atoms with E-state index in [1.54, 1.807) is 13.4 Å². The molecule has 0 amide bonds. The van der Waals surface area contributed by atoms with Crippen molar-refractivity contribution in [1.29, 1.82) is 0 Å². The van der Waals surface area contributed by atoms with Crippen LogP contribution in [0.5, 0.6) is 5.75 Å². The van der Waals surface area contributed by atoms with Crippen LogP contribution >= 0.6 is 0 Å². The van der Waals surface area contributed by atoms with Crippen LogP contribution in [0.15, 0.2) is 36.7 Å². The second-order valence-corrected chi connectivity index (χ2v) is 7.75. The van der Waals surface area contributed by atoms with Crippen molar-refractivity contribution in [3.8, 4) is 5.75 Å². The van der Waals surface area contributed by atoms with Gasteiger partial charge in [-0.15, -0.1) is 0 Å². The predicted octanol–water partition coefficient (Wildman–Crippen LogP) is 3.23. The molecule has 146 valence electrons. The van der Waals surface area contributed by atoms with Crippen molar-refractivity contribution < 1.29 is 9.84 Å². The van der Waals surface area contributed by atoms with Crippen molar-refractivity contribution in [3.63, 3.8) is 0 Å². The maximum atomic E-state index is 9.66. The van der Waals surface area contributed by atoms with Crippen molar-refractivity contribution in [2.45, 2.75) is 44.6 Å². The number of rotatable bonds is 7. The number of ether oxygens (including phenoxy) is 1. The molecular formula is C21H30N4O2. The molecule has 1 fully saturated rings. The molecule has 2 aromatic rings. The highest BCUT2D eigenvalue weighted by Crippen LogP contribution is 2.27. The summed E-state index contributed by atoms with van der Waals surface area (Å²) in [6.45, 7) is 6.25. The molecule has 0 aliphatic carbocycles. The van der Waals surface area contributed by atoms with Gasteiger partial charge in [0, 0.05) is 24.6 Å². The van der Waals surface area contributed by atoms with E-state index >= 15 is 0 Å². The minimum atomic E-state index is -0.0594. The standard InChI is InChI=1S/C21H30N4O2/c1-21(2,16-7-9-18(27-3)10-8-16)14-22-19-12-20(24-15-23-19)25-11-5-4-6-17(25)13-26/h7-10,12,15,17,26H,4-6,11,13-14H2,1-3H3,(H,22,23,24). The minimum Gasteiger partial charge on any atom is -0.497 e. The van der Waals surface area contributed by atoms with Gasteiger partial charge in [0.15, 0.2) is 0 Å². The van der Waals surface area contributed by atoms with Gasteiger partial charge >= 0.3 is 0 Å². The molecule has 1 aromatic heterocycles. The van der Waals surface area contributed by atoms with Crippen molar-refractivity contribution in [3.05, 3.63) is 42.2 Å². The van der Waals surface area contributed by atoms with Crippen LogP contribution in [0.25, 0.3) is 0 Å². The fraction of sp³-hybridized carbons (Fsp3) is 0.524. The lowest BCUT2D eigenvalue weighted by atomic mass is 9.84. The summed E-state index contributed by atoms with van der Waals surface area (Å²) in [5.41, 5.74) is 1.18. The molecule has 3 rings (SSSR count). The van der Waals surface area contributed by atoms with E-state index in [9.17, 15) is 5.11 Å². The Morgan fingerprint density at radius 2 is 2.00 bits per heavy atom. The van der Waals surface area contributed by atoms with Gasteiger partial charge in [-0.3, -0.25) is 0 Å². The van der Waals surface area contributed by atoms with Crippen LogP contribution in [0.2, 0.25) is 0 Å². The van der Waals surface area contributed by atoms with Crippen molar-refractivity contribution in [1.82, 2.24) is 9.97 Å². The average molecular weight is 370 g/mol. The van der Waals surface area contributed by atoms with Gasteiger partial charge in [-0.1, -0.05) is 26.0 Å². The zero-order valence-electron chi connectivity index (χ0n) is 16.5. The van der Waals surface area contributed by atoms with E-state index < -0.39 is 0 Å². The summed E-state index contributed by atoms with van der Waals surface area (Å²) in [4.78, 5) is 11.0. The molecule has 1 unspecified atom stereocenters. The highest BCUT2D eigenvalue weighted by atomic mass is 16.5. The first-order chi connectivity index (χ1) is 13.0. The second-order valence-electron chi connectivity index (χ2n) is 7.75. The van der Waals surface area contributed by atoms with E-state index in [1.165, 1.54) is 5.56 Å². The van der Waals surface area contributed by atoms with E-state index in [0.717, 1.165) is 49.7 Å². The molecule has 27 heavy (non-hydrogen) atoms. The van der Waals surface area contributed by atoms with Crippen molar-refractivity contribution >= 4 is 11.6 Å². The number of aliphatic hydroxyl groups is 1. The Bertz CT molecular complexity index is 733. The van der Waals surface area contributed by atoms with E-state index in [4.69, 9.17) is 4.74 Å². The second kappa shape index (κ2) is 8.57. The summed E-state index contributed by atoms with van der Waals surface area (Å²) in [5.74, 6) is 2.56. The van der Waals surface area contributed by atoms with Gasteiger partial charge in [-0.2, -0.15) is 0 Å². The quantitative estimate of drug-likeness (QED) is 0.780. The van der Waals surface area contributed by atoms with E-state index in [2.05, 4.69) is 46.2 Å². The number of benzene rings is 1. The smallest absolute Gasteiger partial charge is 0.134 e. The Labute approximate surface area is 161 Å². The third-order valence-corrected chi connectivity index (χ3v) is 5.37. The van der Waals surface area contributed by atoms with Crippen LogP contribution in [0.1, 0.15) is 38.7 Å². The molecule has 1 saturated heterocycles. The number of aromatic nitrogens is 2. The SMILES string of the molecule is COc1ccc(C(C)(C)CNc2cc(N3CCCCC3CO)ncn2)cc1. The molecular weight excluding hydrogens is 340 g/mol. The first kappa shape index (κ1) is 19.4. The molecule has 1 aliphatic rings. The fourth-order valence-electron chi connectivity index (χ4n) is 3.55. The Hall–Kier alpha value is -2.34. The van der Waals surface area contributed by atoms with Gasteiger partial charge < -0.3 is 20.1 Å². The normalized spacial score (nSPS) is 17.6. The van der Waals surface area contributed by atoms with Crippen LogP contribution in [0.3, 0.4) is 0 Å². The lowest BCUT2D eigenvalue weighted by Crippen LogP contribution is -2.42. The van der Waals surface area contributed by atoms with Crippen LogP contribution in [0, 0.1) is 0 Å². The Balaban J connectivity index is 1.68. The number of piperidine rings is 1. The third kappa shape index (κ3) is 4.69. The number of nitrogens with zero attached hydrogens (tertiary/aromatic N) is 3. The molecule has 1 atom stereocenters. The first-order valence-electron chi connectivity index (χ1n) is 9.61. The number of anilines is 2. The van der Waals surface area contributed by atoms with Gasteiger partial charge in [0.1, 0.15) is 23.7 Å². The van der Waals surface area contributed by atoms with E-state index in [1.807, 2.05) is 18.2 Å². The number of hydrogen-bond donors (Lipinski definition) is 2. The fourth-order valence-corrected chi connectivity index (χ4v) is 3.55. The molecule has 2 N–H and O–H groups in total. The van der Waals surface area contributed by atoms with Crippen LogP contribution < -0.4 is 15.0 Å². The summed E-state index contributed by atoms with van der Waals surface area (Å²) in [6, 6.07) is 10.3. The summed E-state index contributed by atoms with van der Waals surface area (Å²) in [6.07, 6.45) is 4.90. The van der Waals surface area contributed by atoms with Crippen LogP contribution in [-0.2, 0) is 5.41 Å². The molecule has 6 heteroatoms. The maximum Gasteiger partial charge on any atom is 0.134 e. The summed E-state index contributed by atoms with van der Waals surface area (Å²) < 4.78 is 5.24. The monoisotopic (exact) mass is 370 g/mol. The summed E-state index contributed by atoms with van der Waals surface area (Å²) in [7, 11) is 1.68. The highest BCUT2D eigenvalue weighted by molar-refractivity contribution is 5.50. The lowest BCUT2D eigenvalue weighted by molar-refractivity contribution is 0.239. The molecule has 0 bridgehead atoms. The number of nitrogens with one attached hydrogen (secondary N) is 1. The van der Waals surface area contributed by atoms with Crippen LogP contribution in [0.4, 0.5) is 11.6 Å². The molecule has 2 heterocycles. The maximum absolute atomic E-state index is 9.66. The molecule has 0 spiro atoms. The molecule has 1 aliphatic heterocycles. The Morgan fingerprint density at radius 1 is 1.22 bits per heavy atom. The van der Waals surface area contributed by atoms with Gasteiger partial charge in [-0.05, 0) is 37.0 Å². The molecule has 1 aromatic carbocycles. The Kier molecular flexibility index (Phi) is 6.16. The summed E-state index contributed by atoms with van der Waals surface area (Å²) in [5, 5.41) is 13.1.